The molecule has 1 amide bonds. The first-order chi connectivity index (χ1) is 9.44. The molecular formula is C15H26N4O. The van der Waals surface area contributed by atoms with E-state index in [9.17, 15) is 4.79 Å². The monoisotopic (exact) mass is 278 g/mol. The van der Waals surface area contributed by atoms with E-state index in [1.807, 2.05) is 26.8 Å². The molecule has 0 saturated heterocycles. The number of rotatable bonds is 5. The fourth-order valence-corrected chi connectivity index (χ4v) is 2.61. The van der Waals surface area contributed by atoms with Crippen molar-refractivity contribution in [3.63, 3.8) is 0 Å². The van der Waals surface area contributed by atoms with Crippen LogP contribution in [0, 0.1) is 0 Å². The van der Waals surface area contributed by atoms with Crippen LogP contribution in [0.4, 0.5) is 0 Å². The van der Waals surface area contributed by atoms with Gasteiger partial charge in [0.2, 0.25) is 5.91 Å². The molecule has 0 aliphatic heterocycles. The molecule has 2 rings (SSSR count). The molecule has 0 aromatic carbocycles. The van der Waals surface area contributed by atoms with E-state index < -0.39 is 0 Å². The van der Waals surface area contributed by atoms with Gasteiger partial charge in [-0.25, -0.2) is 0 Å². The molecule has 5 nitrogen and oxygen atoms in total. The van der Waals surface area contributed by atoms with E-state index in [1.54, 1.807) is 0 Å². The van der Waals surface area contributed by atoms with Crippen LogP contribution in [0.5, 0.6) is 0 Å². The van der Waals surface area contributed by atoms with E-state index >= 15 is 0 Å². The number of nitrogens with zero attached hydrogens (tertiary/aromatic N) is 2. The number of carbonyl (C=O) groups is 1. The largest absolute Gasteiger partial charge is 0.350 e. The number of hydrogen-bond acceptors (Lipinski definition) is 3. The summed E-state index contributed by atoms with van der Waals surface area (Å²) in [4.78, 5) is 11.7. The molecule has 1 aliphatic rings. The molecule has 0 atom stereocenters. The SMILES string of the molecule is CC(C)(C)NC(=O)CNCc1ccn(C2CCCC2)n1. The first-order valence-electron chi connectivity index (χ1n) is 7.50. The van der Waals surface area contributed by atoms with Gasteiger partial charge in [-0.1, -0.05) is 12.8 Å². The Morgan fingerprint density at radius 1 is 1.40 bits per heavy atom. The minimum Gasteiger partial charge on any atom is -0.350 e. The van der Waals surface area contributed by atoms with Crippen LogP contribution in [0.25, 0.3) is 0 Å². The molecule has 1 aromatic heterocycles. The van der Waals surface area contributed by atoms with Crippen LogP contribution in [-0.4, -0.2) is 27.8 Å². The summed E-state index contributed by atoms with van der Waals surface area (Å²) >= 11 is 0. The quantitative estimate of drug-likeness (QED) is 0.866. The maximum atomic E-state index is 11.7. The van der Waals surface area contributed by atoms with E-state index in [0.29, 0.717) is 19.1 Å². The first kappa shape index (κ1) is 15.0. The van der Waals surface area contributed by atoms with Crippen molar-refractivity contribution in [2.75, 3.05) is 6.54 Å². The average molecular weight is 278 g/mol. The lowest BCUT2D eigenvalue weighted by Crippen LogP contribution is -2.44. The fourth-order valence-electron chi connectivity index (χ4n) is 2.61. The van der Waals surface area contributed by atoms with Gasteiger partial charge in [0, 0.05) is 18.3 Å². The molecule has 1 aliphatic carbocycles. The number of amides is 1. The Labute approximate surface area is 121 Å². The maximum Gasteiger partial charge on any atom is 0.234 e. The number of aromatic nitrogens is 2. The lowest BCUT2D eigenvalue weighted by atomic mass is 10.1. The molecular weight excluding hydrogens is 252 g/mol. The van der Waals surface area contributed by atoms with Crippen LogP contribution in [0.3, 0.4) is 0 Å². The predicted molar refractivity (Wildman–Crippen MR) is 79.3 cm³/mol. The molecule has 1 fully saturated rings. The lowest BCUT2D eigenvalue weighted by Gasteiger charge is -2.20. The zero-order valence-corrected chi connectivity index (χ0v) is 12.8. The molecule has 1 saturated carbocycles. The highest BCUT2D eigenvalue weighted by atomic mass is 16.2. The van der Waals surface area contributed by atoms with Crippen molar-refractivity contribution in [1.29, 1.82) is 0 Å². The van der Waals surface area contributed by atoms with E-state index in [2.05, 4.69) is 26.6 Å². The van der Waals surface area contributed by atoms with Gasteiger partial charge in [0.15, 0.2) is 0 Å². The van der Waals surface area contributed by atoms with Crippen molar-refractivity contribution in [2.45, 2.75) is 64.6 Å². The van der Waals surface area contributed by atoms with Gasteiger partial charge in [0.1, 0.15) is 0 Å². The maximum absolute atomic E-state index is 11.7. The number of nitrogens with one attached hydrogen (secondary N) is 2. The van der Waals surface area contributed by atoms with Crippen molar-refractivity contribution in [3.05, 3.63) is 18.0 Å². The number of hydrogen-bond donors (Lipinski definition) is 2. The van der Waals surface area contributed by atoms with Crippen LogP contribution >= 0.6 is 0 Å². The summed E-state index contributed by atoms with van der Waals surface area (Å²) in [5, 5.41) is 10.7. The Morgan fingerprint density at radius 3 is 2.75 bits per heavy atom. The summed E-state index contributed by atoms with van der Waals surface area (Å²) in [7, 11) is 0. The van der Waals surface area contributed by atoms with Gasteiger partial charge in [-0.15, -0.1) is 0 Å². The smallest absolute Gasteiger partial charge is 0.234 e. The van der Waals surface area contributed by atoms with E-state index in [4.69, 9.17) is 0 Å². The summed E-state index contributed by atoms with van der Waals surface area (Å²) in [5.41, 5.74) is 0.823. The third-order valence-corrected chi connectivity index (χ3v) is 3.47. The summed E-state index contributed by atoms with van der Waals surface area (Å²) in [5.74, 6) is 0.0210. The van der Waals surface area contributed by atoms with E-state index in [1.165, 1.54) is 25.7 Å². The molecule has 112 valence electrons. The predicted octanol–water partition coefficient (Wildman–Crippen LogP) is 2.00. The molecule has 2 N–H and O–H groups in total. The Kier molecular flexibility index (Phi) is 4.81. The Hall–Kier alpha value is -1.36. The van der Waals surface area contributed by atoms with Gasteiger partial charge < -0.3 is 10.6 Å². The lowest BCUT2D eigenvalue weighted by molar-refractivity contribution is -0.121. The summed E-state index contributed by atoms with van der Waals surface area (Å²) in [6, 6.07) is 2.61. The van der Waals surface area contributed by atoms with Gasteiger partial charge in [0.25, 0.3) is 0 Å². The van der Waals surface area contributed by atoms with Crippen molar-refractivity contribution in [3.8, 4) is 0 Å². The summed E-state index contributed by atoms with van der Waals surface area (Å²) < 4.78 is 2.08. The Morgan fingerprint density at radius 2 is 2.10 bits per heavy atom. The second-order valence-electron chi connectivity index (χ2n) is 6.63. The first-order valence-corrected chi connectivity index (χ1v) is 7.50. The van der Waals surface area contributed by atoms with Gasteiger partial charge in [0.05, 0.1) is 18.3 Å². The summed E-state index contributed by atoms with van der Waals surface area (Å²) in [6.07, 6.45) is 7.16. The van der Waals surface area contributed by atoms with Crippen LogP contribution in [0.2, 0.25) is 0 Å². The highest BCUT2D eigenvalue weighted by Gasteiger charge is 2.17. The standard InChI is InChI=1S/C15H26N4O/c1-15(2,3)17-14(20)11-16-10-12-8-9-19(18-12)13-6-4-5-7-13/h8-9,13,16H,4-7,10-11H2,1-3H3,(H,17,20). The third kappa shape index (κ3) is 4.63. The summed E-state index contributed by atoms with van der Waals surface area (Å²) in [6.45, 7) is 6.90. The molecule has 5 heteroatoms. The normalized spacial score (nSPS) is 16.6. The molecule has 0 bridgehead atoms. The van der Waals surface area contributed by atoms with E-state index in [-0.39, 0.29) is 11.4 Å². The Balaban J connectivity index is 1.73. The van der Waals surface area contributed by atoms with Crippen LogP contribution < -0.4 is 10.6 Å². The van der Waals surface area contributed by atoms with Crippen LogP contribution in [0.1, 0.15) is 58.2 Å². The molecule has 1 aromatic rings. The van der Waals surface area contributed by atoms with E-state index in [0.717, 1.165) is 5.69 Å². The molecule has 0 unspecified atom stereocenters. The highest BCUT2D eigenvalue weighted by Crippen LogP contribution is 2.28. The van der Waals surface area contributed by atoms with Crippen LogP contribution in [0.15, 0.2) is 12.3 Å². The third-order valence-electron chi connectivity index (χ3n) is 3.47. The van der Waals surface area contributed by atoms with Gasteiger partial charge in [-0.2, -0.15) is 5.10 Å². The fraction of sp³-hybridized carbons (Fsp3) is 0.733. The average Bonchev–Trinajstić information content (AvgIpc) is 2.96. The molecule has 0 spiro atoms. The van der Waals surface area contributed by atoms with Crippen molar-refractivity contribution in [2.24, 2.45) is 0 Å². The minimum atomic E-state index is -0.178. The molecule has 1 heterocycles. The second kappa shape index (κ2) is 6.39. The molecule has 20 heavy (non-hydrogen) atoms. The highest BCUT2D eigenvalue weighted by molar-refractivity contribution is 5.78. The Bertz CT molecular complexity index is 441. The van der Waals surface area contributed by atoms with Crippen molar-refractivity contribution < 1.29 is 4.79 Å². The van der Waals surface area contributed by atoms with Gasteiger partial charge >= 0.3 is 0 Å². The second-order valence-corrected chi connectivity index (χ2v) is 6.63. The molecule has 0 radical (unpaired) electrons. The van der Waals surface area contributed by atoms with Crippen molar-refractivity contribution >= 4 is 5.91 Å². The zero-order valence-electron chi connectivity index (χ0n) is 12.8. The van der Waals surface area contributed by atoms with Crippen LogP contribution in [-0.2, 0) is 11.3 Å². The van der Waals surface area contributed by atoms with Gasteiger partial charge in [-0.3, -0.25) is 9.48 Å². The van der Waals surface area contributed by atoms with Crippen molar-refractivity contribution in [1.82, 2.24) is 20.4 Å². The topological polar surface area (TPSA) is 59.0 Å². The van der Waals surface area contributed by atoms with Gasteiger partial charge in [-0.05, 0) is 39.7 Å². The minimum absolute atomic E-state index is 0.0210. The number of carbonyl (C=O) groups excluding carboxylic acids is 1. The zero-order chi connectivity index (χ0) is 14.6.